The minimum absolute atomic E-state index is 0.0301. The lowest BCUT2D eigenvalue weighted by Gasteiger charge is -2.14. The van der Waals surface area contributed by atoms with Gasteiger partial charge >= 0.3 is 0 Å². The van der Waals surface area contributed by atoms with Crippen molar-refractivity contribution in [2.45, 2.75) is 13.0 Å². The highest BCUT2D eigenvalue weighted by atomic mass is 16.3. The second kappa shape index (κ2) is 2.49. The molecular formula is C10H11NO2. The number of phenolic OH excluding ortho intramolecular Hbond substituents is 1. The van der Waals surface area contributed by atoms with Gasteiger partial charge in [-0.05, 0) is 30.7 Å². The van der Waals surface area contributed by atoms with Crippen molar-refractivity contribution in [2.24, 2.45) is 0 Å². The number of aromatic hydroxyl groups is 1. The summed E-state index contributed by atoms with van der Waals surface area (Å²) in [6.45, 7) is 1.95. The number of amides is 1. The van der Waals surface area contributed by atoms with Crippen molar-refractivity contribution in [1.82, 2.24) is 4.90 Å². The zero-order chi connectivity index (χ0) is 9.59. The van der Waals surface area contributed by atoms with Crippen LogP contribution in [0, 0.1) is 0 Å². The molecule has 0 fully saturated rings. The van der Waals surface area contributed by atoms with E-state index in [-0.39, 0.29) is 17.7 Å². The zero-order valence-electron chi connectivity index (χ0n) is 7.61. The molecule has 1 aromatic carbocycles. The van der Waals surface area contributed by atoms with Gasteiger partial charge in [0.25, 0.3) is 5.91 Å². The number of fused-ring (bicyclic) bond motifs is 1. The molecule has 0 bridgehead atoms. The van der Waals surface area contributed by atoms with Gasteiger partial charge in [-0.25, -0.2) is 0 Å². The number of nitrogens with zero attached hydrogens (tertiary/aromatic N) is 1. The Hall–Kier alpha value is -1.51. The van der Waals surface area contributed by atoms with Crippen molar-refractivity contribution in [2.75, 3.05) is 7.05 Å². The number of benzene rings is 1. The quantitative estimate of drug-likeness (QED) is 0.653. The Morgan fingerprint density at radius 1 is 1.46 bits per heavy atom. The lowest BCUT2D eigenvalue weighted by atomic mass is 10.1. The number of phenols is 1. The maximum atomic E-state index is 11.6. The van der Waals surface area contributed by atoms with Crippen molar-refractivity contribution in [3.63, 3.8) is 0 Å². The monoisotopic (exact) mass is 177 g/mol. The SMILES string of the molecule is CC1c2cc(O)ccc2C(=O)N1C. The first-order chi connectivity index (χ1) is 6.11. The van der Waals surface area contributed by atoms with E-state index in [1.54, 1.807) is 30.1 Å². The van der Waals surface area contributed by atoms with E-state index in [1.165, 1.54) is 0 Å². The normalized spacial score (nSPS) is 20.6. The summed E-state index contributed by atoms with van der Waals surface area (Å²) >= 11 is 0. The van der Waals surface area contributed by atoms with Crippen LogP contribution in [0.25, 0.3) is 0 Å². The molecule has 0 radical (unpaired) electrons. The summed E-state index contributed by atoms with van der Waals surface area (Å²) in [6, 6.07) is 4.94. The molecule has 3 heteroatoms. The summed E-state index contributed by atoms with van der Waals surface area (Å²) in [4.78, 5) is 13.2. The van der Waals surface area contributed by atoms with Crippen LogP contribution in [0.1, 0.15) is 28.9 Å². The van der Waals surface area contributed by atoms with Crippen LogP contribution in [0.5, 0.6) is 5.75 Å². The third kappa shape index (κ3) is 1.00. The van der Waals surface area contributed by atoms with E-state index in [2.05, 4.69) is 0 Å². The summed E-state index contributed by atoms with van der Waals surface area (Å²) in [5.74, 6) is 0.246. The molecule has 1 heterocycles. The molecule has 1 aliphatic heterocycles. The number of carbonyl (C=O) groups is 1. The lowest BCUT2D eigenvalue weighted by Crippen LogP contribution is -2.20. The van der Waals surface area contributed by atoms with Crippen molar-refractivity contribution in [3.05, 3.63) is 29.3 Å². The molecule has 3 nitrogen and oxygen atoms in total. The van der Waals surface area contributed by atoms with E-state index in [9.17, 15) is 9.90 Å². The fourth-order valence-electron chi connectivity index (χ4n) is 1.67. The number of rotatable bonds is 0. The molecule has 1 unspecified atom stereocenters. The van der Waals surface area contributed by atoms with Gasteiger partial charge in [-0.3, -0.25) is 4.79 Å². The largest absolute Gasteiger partial charge is 0.508 e. The molecule has 1 amide bonds. The summed E-state index contributed by atoms with van der Waals surface area (Å²) in [5, 5.41) is 9.26. The maximum absolute atomic E-state index is 11.6. The van der Waals surface area contributed by atoms with Crippen LogP contribution >= 0.6 is 0 Å². The molecule has 1 N–H and O–H groups in total. The average Bonchev–Trinajstić information content (AvgIpc) is 2.32. The molecule has 68 valence electrons. The van der Waals surface area contributed by atoms with Crippen LogP contribution in [-0.4, -0.2) is 23.0 Å². The molecule has 2 rings (SSSR count). The molecule has 0 spiro atoms. The molecule has 13 heavy (non-hydrogen) atoms. The Balaban J connectivity index is 2.60. The predicted molar refractivity (Wildman–Crippen MR) is 48.6 cm³/mol. The van der Waals surface area contributed by atoms with Gasteiger partial charge in [0.05, 0.1) is 6.04 Å². The van der Waals surface area contributed by atoms with Gasteiger partial charge in [0.2, 0.25) is 0 Å². The van der Waals surface area contributed by atoms with Crippen molar-refractivity contribution in [3.8, 4) is 5.75 Å². The fourth-order valence-corrected chi connectivity index (χ4v) is 1.67. The molecule has 0 aromatic heterocycles. The highest BCUT2D eigenvalue weighted by Crippen LogP contribution is 2.33. The van der Waals surface area contributed by atoms with Crippen molar-refractivity contribution in [1.29, 1.82) is 0 Å². The van der Waals surface area contributed by atoms with E-state index >= 15 is 0 Å². The second-order valence-corrected chi connectivity index (χ2v) is 3.36. The van der Waals surface area contributed by atoms with Gasteiger partial charge in [-0.1, -0.05) is 0 Å². The van der Waals surface area contributed by atoms with E-state index in [1.807, 2.05) is 6.92 Å². The standard InChI is InChI=1S/C10H11NO2/c1-6-9-5-7(12)3-4-8(9)10(13)11(6)2/h3-6,12H,1-2H3. The van der Waals surface area contributed by atoms with Gasteiger partial charge in [-0.2, -0.15) is 0 Å². The number of carbonyl (C=O) groups excluding carboxylic acids is 1. The van der Waals surface area contributed by atoms with E-state index < -0.39 is 0 Å². The smallest absolute Gasteiger partial charge is 0.254 e. The number of hydrogen-bond donors (Lipinski definition) is 1. The average molecular weight is 177 g/mol. The van der Waals surface area contributed by atoms with Gasteiger partial charge in [-0.15, -0.1) is 0 Å². The van der Waals surface area contributed by atoms with Crippen LogP contribution in [0.4, 0.5) is 0 Å². The van der Waals surface area contributed by atoms with E-state index in [0.29, 0.717) is 5.56 Å². The minimum Gasteiger partial charge on any atom is -0.508 e. The van der Waals surface area contributed by atoms with Crippen LogP contribution in [0.2, 0.25) is 0 Å². The van der Waals surface area contributed by atoms with Crippen LogP contribution < -0.4 is 0 Å². The topological polar surface area (TPSA) is 40.5 Å². The van der Waals surface area contributed by atoms with E-state index in [0.717, 1.165) is 5.56 Å². The maximum Gasteiger partial charge on any atom is 0.254 e. The van der Waals surface area contributed by atoms with Gasteiger partial charge in [0, 0.05) is 12.6 Å². The first-order valence-corrected chi connectivity index (χ1v) is 4.21. The Morgan fingerprint density at radius 2 is 2.15 bits per heavy atom. The zero-order valence-corrected chi connectivity index (χ0v) is 7.61. The molecule has 0 saturated heterocycles. The minimum atomic E-state index is 0.0301. The summed E-state index contributed by atoms with van der Waals surface area (Å²) in [5.41, 5.74) is 1.61. The third-order valence-electron chi connectivity index (χ3n) is 2.62. The molecular weight excluding hydrogens is 166 g/mol. The Kier molecular flexibility index (Phi) is 1.55. The Labute approximate surface area is 76.6 Å². The third-order valence-corrected chi connectivity index (χ3v) is 2.62. The fraction of sp³-hybridized carbons (Fsp3) is 0.300. The first kappa shape index (κ1) is 8.10. The Bertz CT molecular complexity index is 373. The van der Waals surface area contributed by atoms with Crippen LogP contribution in [-0.2, 0) is 0 Å². The summed E-state index contributed by atoms with van der Waals surface area (Å²) < 4.78 is 0. The lowest BCUT2D eigenvalue weighted by molar-refractivity contribution is 0.0784. The molecule has 1 aliphatic rings. The van der Waals surface area contributed by atoms with Crippen LogP contribution in [0.3, 0.4) is 0 Å². The highest BCUT2D eigenvalue weighted by molar-refractivity contribution is 5.99. The van der Waals surface area contributed by atoms with Gasteiger partial charge in [0.1, 0.15) is 5.75 Å². The van der Waals surface area contributed by atoms with Crippen molar-refractivity contribution >= 4 is 5.91 Å². The van der Waals surface area contributed by atoms with Crippen LogP contribution in [0.15, 0.2) is 18.2 Å². The first-order valence-electron chi connectivity index (χ1n) is 4.21. The van der Waals surface area contributed by atoms with Gasteiger partial charge < -0.3 is 10.0 Å². The number of hydrogen-bond acceptors (Lipinski definition) is 2. The summed E-state index contributed by atoms with van der Waals surface area (Å²) in [6.07, 6.45) is 0. The van der Waals surface area contributed by atoms with Crippen molar-refractivity contribution < 1.29 is 9.90 Å². The second-order valence-electron chi connectivity index (χ2n) is 3.36. The summed E-state index contributed by atoms with van der Waals surface area (Å²) in [7, 11) is 1.77. The highest BCUT2D eigenvalue weighted by Gasteiger charge is 2.30. The molecule has 0 aliphatic carbocycles. The molecule has 1 aromatic rings. The predicted octanol–water partition coefficient (Wildman–Crippen LogP) is 1.54. The Morgan fingerprint density at radius 3 is 2.85 bits per heavy atom. The molecule has 1 atom stereocenters. The van der Waals surface area contributed by atoms with Gasteiger partial charge in [0.15, 0.2) is 0 Å². The van der Waals surface area contributed by atoms with E-state index in [4.69, 9.17) is 0 Å². The molecule has 0 saturated carbocycles.